The fourth-order valence-electron chi connectivity index (χ4n) is 2.92. The smallest absolute Gasteiger partial charge is 0.276 e. The quantitative estimate of drug-likeness (QED) is 0.242. The van der Waals surface area contributed by atoms with Crippen LogP contribution in [-0.2, 0) is 21.4 Å². The summed E-state index contributed by atoms with van der Waals surface area (Å²) in [5, 5.41) is 16.3. The molecule has 0 spiro atoms. The first-order chi connectivity index (χ1) is 15.0. The molecule has 0 saturated heterocycles. The van der Waals surface area contributed by atoms with Crippen LogP contribution in [0.4, 0.5) is 5.69 Å². The molecule has 1 heterocycles. The molecule has 0 bridgehead atoms. The van der Waals surface area contributed by atoms with Crippen molar-refractivity contribution in [3.63, 3.8) is 0 Å². The SMILES string of the molecule is CCc1cc(C(C=O)Nc2ccc(C(=N)N)cc2)cc2c(C)coc12.CN(C)S(N)(=O)=O. The number of nitrogens with one attached hydrogen (secondary N) is 2. The summed E-state index contributed by atoms with van der Waals surface area (Å²) in [5.41, 5.74) is 10.8. The number of benzene rings is 2. The standard InChI is InChI=1S/C20H21N3O2.C2H8N2O2S/c1-3-13-8-15(9-17-12(2)11-25-19(13)17)18(10-24)23-16-6-4-14(5-7-16)20(21)22;1-4(2)7(3,5)6/h4-11,18,23H,3H2,1-2H3,(H3,21,22);1-2H3,(H2,3,5,6). The molecule has 0 aliphatic carbocycles. The summed E-state index contributed by atoms with van der Waals surface area (Å²) in [6, 6.07) is 10.7. The Morgan fingerprint density at radius 1 is 1.25 bits per heavy atom. The first-order valence-electron chi connectivity index (χ1n) is 9.85. The van der Waals surface area contributed by atoms with E-state index in [4.69, 9.17) is 15.6 Å². The number of nitrogens with zero attached hydrogens (tertiary/aromatic N) is 1. The molecule has 0 radical (unpaired) electrons. The number of aldehydes is 1. The monoisotopic (exact) mass is 459 g/mol. The van der Waals surface area contributed by atoms with Gasteiger partial charge in [-0.15, -0.1) is 0 Å². The van der Waals surface area contributed by atoms with Crippen molar-refractivity contribution in [1.82, 2.24) is 4.31 Å². The highest BCUT2D eigenvalue weighted by atomic mass is 32.2. The number of nitrogens with two attached hydrogens (primary N) is 2. The maximum atomic E-state index is 11.7. The van der Waals surface area contributed by atoms with E-state index < -0.39 is 16.3 Å². The Hall–Kier alpha value is -3.21. The van der Waals surface area contributed by atoms with Crippen LogP contribution in [0.5, 0.6) is 0 Å². The highest BCUT2D eigenvalue weighted by Crippen LogP contribution is 2.29. The minimum atomic E-state index is -3.41. The zero-order valence-corrected chi connectivity index (χ0v) is 19.4. The lowest BCUT2D eigenvalue weighted by atomic mass is 9.99. The number of rotatable bonds is 7. The molecule has 2 aromatic carbocycles. The van der Waals surface area contributed by atoms with E-state index in [1.54, 1.807) is 18.4 Å². The van der Waals surface area contributed by atoms with Crippen molar-refractivity contribution >= 4 is 39.0 Å². The van der Waals surface area contributed by atoms with Gasteiger partial charge in [0.25, 0.3) is 10.2 Å². The predicted molar refractivity (Wildman–Crippen MR) is 127 cm³/mol. The van der Waals surface area contributed by atoms with E-state index in [0.717, 1.165) is 50.4 Å². The van der Waals surface area contributed by atoms with Crippen LogP contribution in [0.25, 0.3) is 11.0 Å². The number of carbonyl (C=O) groups excluding carboxylic acids is 1. The fraction of sp³-hybridized carbons (Fsp3) is 0.273. The summed E-state index contributed by atoms with van der Waals surface area (Å²) in [6.45, 7) is 4.07. The molecule has 1 atom stereocenters. The summed E-state index contributed by atoms with van der Waals surface area (Å²) >= 11 is 0. The van der Waals surface area contributed by atoms with Crippen molar-refractivity contribution < 1.29 is 17.6 Å². The maximum absolute atomic E-state index is 11.7. The van der Waals surface area contributed by atoms with Gasteiger partial charge in [-0.3, -0.25) is 5.41 Å². The largest absolute Gasteiger partial charge is 0.464 e. The molecule has 0 amide bonds. The van der Waals surface area contributed by atoms with Gasteiger partial charge in [-0.2, -0.15) is 12.7 Å². The van der Waals surface area contributed by atoms with Gasteiger partial charge < -0.3 is 20.3 Å². The Labute approximate surface area is 188 Å². The number of amidine groups is 1. The Morgan fingerprint density at radius 2 is 1.84 bits per heavy atom. The van der Waals surface area contributed by atoms with Crippen LogP contribution in [0.3, 0.4) is 0 Å². The molecule has 9 nitrogen and oxygen atoms in total. The minimum Gasteiger partial charge on any atom is -0.464 e. The number of furan rings is 1. The summed E-state index contributed by atoms with van der Waals surface area (Å²) in [6.07, 6.45) is 3.47. The van der Waals surface area contributed by atoms with E-state index in [0.29, 0.717) is 5.56 Å². The molecule has 0 fully saturated rings. The minimum absolute atomic E-state index is 0.0203. The molecule has 0 aliphatic rings. The highest BCUT2D eigenvalue weighted by molar-refractivity contribution is 7.86. The topological polar surface area (TPSA) is 156 Å². The second-order valence-electron chi connectivity index (χ2n) is 7.41. The Bertz CT molecular complexity index is 1200. The average Bonchev–Trinajstić information content (AvgIpc) is 3.12. The van der Waals surface area contributed by atoms with Crippen LogP contribution < -0.4 is 16.2 Å². The Morgan fingerprint density at radius 3 is 2.31 bits per heavy atom. The van der Waals surface area contributed by atoms with Gasteiger partial charge in [-0.05, 0) is 66.4 Å². The number of aryl methyl sites for hydroxylation is 2. The van der Waals surface area contributed by atoms with Crippen molar-refractivity contribution in [3.05, 3.63) is 64.9 Å². The van der Waals surface area contributed by atoms with Crippen LogP contribution in [-0.4, -0.2) is 38.9 Å². The van der Waals surface area contributed by atoms with E-state index in [2.05, 4.69) is 17.4 Å². The lowest BCUT2D eigenvalue weighted by Gasteiger charge is -2.16. The van der Waals surface area contributed by atoms with Crippen LogP contribution in [0, 0.1) is 12.3 Å². The van der Waals surface area contributed by atoms with Gasteiger partial charge in [0, 0.05) is 30.7 Å². The predicted octanol–water partition coefficient (Wildman–Crippen LogP) is 2.69. The summed E-state index contributed by atoms with van der Waals surface area (Å²) in [5.74, 6) is 0.0203. The number of hydrogen-bond acceptors (Lipinski definition) is 6. The van der Waals surface area contributed by atoms with Gasteiger partial charge in [-0.1, -0.05) is 6.92 Å². The normalized spacial score (nSPS) is 12.2. The molecular formula is C22H29N5O4S. The highest BCUT2D eigenvalue weighted by Gasteiger charge is 2.16. The lowest BCUT2D eigenvalue weighted by molar-refractivity contribution is -0.108. The van der Waals surface area contributed by atoms with Crippen LogP contribution in [0.2, 0.25) is 0 Å². The third-order valence-electron chi connectivity index (χ3n) is 4.87. The first-order valence-corrected chi connectivity index (χ1v) is 11.3. The molecule has 0 aliphatic heterocycles. The molecule has 10 heteroatoms. The molecule has 6 N–H and O–H groups in total. The molecule has 0 saturated carbocycles. The van der Waals surface area contributed by atoms with E-state index in [9.17, 15) is 13.2 Å². The first kappa shape index (κ1) is 25.1. The van der Waals surface area contributed by atoms with Crippen LogP contribution in [0.1, 0.15) is 35.2 Å². The number of carbonyl (C=O) groups is 1. The molecule has 1 unspecified atom stereocenters. The summed E-state index contributed by atoms with van der Waals surface area (Å²) < 4.78 is 26.7. The van der Waals surface area contributed by atoms with Gasteiger partial charge in [0.05, 0.1) is 6.26 Å². The number of fused-ring (bicyclic) bond motifs is 1. The summed E-state index contributed by atoms with van der Waals surface area (Å²) in [7, 11) is -0.667. The molecule has 32 heavy (non-hydrogen) atoms. The lowest BCUT2D eigenvalue weighted by Crippen LogP contribution is -2.29. The molecule has 3 aromatic rings. The Kier molecular flexibility index (Phi) is 8.14. The van der Waals surface area contributed by atoms with Crippen molar-refractivity contribution in [2.45, 2.75) is 26.3 Å². The van der Waals surface area contributed by atoms with Gasteiger partial charge in [0.2, 0.25) is 0 Å². The molecule has 172 valence electrons. The summed E-state index contributed by atoms with van der Waals surface area (Å²) in [4.78, 5) is 11.7. The second kappa shape index (κ2) is 10.4. The molecule has 3 rings (SSSR count). The van der Waals surface area contributed by atoms with Crippen LogP contribution in [0.15, 0.2) is 47.1 Å². The van der Waals surface area contributed by atoms with Gasteiger partial charge in [0.15, 0.2) is 0 Å². The van der Waals surface area contributed by atoms with Gasteiger partial charge >= 0.3 is 0 Å². The van der Waals surface area contributed by atoms with Crippen molar-refractivity contribution in [2.24, 2.45) is 10.9 Å². The fourth-order valence-corrected chi connectivity index (χ4v) is 2.92. The molecular weight excluding hydrogens is 430 g/mol. The number of hydrogen-bond donors (Lipinski definition) is 4. The third-order valence-corrected chi connectivity index (χ3v) is 5.89. The van der Waals surface area contributed by atoms with E-state index >= 15 is 0 Å². The van der Waals surface area contributed by atoms with Gasteiger partial charge in [-0.25, -0.2) is 5.14 Å². The van der Waals surface area contributed by atoms with E-state index in [1.807, 2.05) is 31.2 Å². The zero-order chi connectivity index (χ0) is 24.1. The van der Waals surface area contributed by atoms with Crippen molar-refractivity contribution in [3.8, 4) is 0 Å². The number of anilines is 1. The Balaban J connectivity index is 0.000000451. The van der Waals surface area contributed by atoms with E-state index in [-0.39, 0.29) is 5.84 Å². The van der Waals surface area contributed by atoms with Gasteiger partial charge in [0.1, 0.15) is 23.7 Å². The van der Waals surface area contributed by atoms with E-state index in [1.165, 1.54) is 14.1 Å². The number of nitrogen functional groups attached to an aromatic ring is 1. The van der Waals surface area contributed by atoms with Crippen molar-refractivity contribution in [1.29, 1.82) is 5.41 Å². The zero-order valence-electron chi connectivity index (χ0n) is 18.5. The second-order valence-corrected chi connectivity index (χ2v) is 9.17. The van der Waals surface area contributed by atoms with Crippen LogP contribution >= 0.6 is 0 Å². The maximum Gasteiger partial charge on any atom is 0.276 e. The average molecular weight is 460 g/mol. The molecule has 1 aromatic heterocycles. The third kappa shape index (κ3) is 6.16. The van der Waals surface area contributed by atoms with Crippen molar-refractivity contribution in [2.75, 3.05) is 19.4 Å².